The van der Waals surface area contributed by atoms with E-state index in [1.54, 1.807) is 12.3 Å². The van der Waals surface area contributed by atoms with E-state index in [0.29, 0.717) is 11.5 Å². The van der Waals surface area contributed by atoms with E-state index in [9.17, 15) is 4.39 Å². The lowest BCUT2D eigenvalue weighted by Crippen LogP contribution is -1.89. The lowest BCUT2D eigenvalue weighted by atomic mass is 10.0. The minimum atomic E-state index is -0.206. The van der Waals surface area contributed by atoms with Gasteiger partial charge in [0.1, 0.15) is 5.82 Å². The molecule has 108 valence electrons. The summed E-state index contributed by atoms with van der Waals surface area (Å²) in [6.07, 6.45) is 2.63. The number of halogens is 1. The topological polar surface area (TPSA) is 28.7 Å². The van der Waals surface area contributed by atoms with Crippen molar-refractivity contribution < 1.29 is 4.39 Å². The second-order valence-electron chi connectivity index (χ2n) is 5.69. The van der Waals surface area contributed by atoms with Crippen LogP contribution in [0.3, 0.4) is 0 Å². The van der Waals surface area contributed by atoms with Crippen molar-refractivity contribution in [1.29, 1.82) is 0 Å². The SMILES string of the molecule is CCc1ccc(-c2cc3[nH]c(C(C)C)cc3cc2F)cn1. The van der Waals surface area contributed by atoms with E-state index in [-0.39, 0.29) is 5.82 Å². The average Bonchev–Trinajstić information content (AvgIpc) is 2.89. The molecule has 0 unspecified atom stereocenters. The fourth-order valence-corrected chi connectivity index (χ4v) is 2.50. The molecule has 2 heterocycles. The van der Waals surface area contributed by atoms with Gasteiger partial charge in [-0.2, -0.15) is 0 Å². The summed E-state index contributed by atoms with van der Waals surface area (Å²) in [6.45, 7) is 6.30. The number of H-pyrrole nitrogens is 1. The maximum Gasteiger partial charge on any atom is 0.131 e. The summed E-state index contributed by atoms with van der Waals surface area (Å²) in [4.78, 5) is 7.72. The first-order valence-corrected chi connectivity index (χ1v) is 7.36. The molecular weight excluding hydrogens is 263 g/mol. The molecule has 1 aromatic carbocycles. The summed E-state index contributed by atoms with van der Waals surface area (Å²) in [7, 11) is 0. The first-order chi connectivity index (χ1) is 10.1. The third kappa shape index (κ3) is 2.56. The first kappa shape index (κ1) is 13.8. The molecule has 0 fully saturated rings. The molecule has 0 saturated heterocycles. The van der Waals surface area contributed by atoms with Crippen LogP contribution in [0, 0.1) is 5.82 Å². The highest BCUT2D eigenvalue weighted by atomic mass is 19.1. The summed E-state index contributed by atoms with van der Waals surface area (Å²) < 4.78 is 14.4. The number of benzene rings is 1. The molecule has 0 saturated carbocycles. The second kappa shape index (κ2) is 5.32. The maximum atomic E-state index is 14.4. The number of hydrogen-bond acceptors (Lipinski definition) is 1. The third-order valence-corrected chi connectivity index (χ3v) is 3.85. The quantitative estimate of drug-likeness (QED) is 0.715. The molecule has 21 heavy (non-hydrogen) atoms. The van der Waals surface area contributed by atoms with Crippen LogP contribution in [0.2, 0.25) is 0 Å². The summed E-state index contributed by atoms with van der Waals surface area (Å²) in [6, 6.07) is 9.38. The van der Waals surface area contributed by atoms with Gasteiger partial charge in [-0.3, -0.25) is 4.98 Å². The largest absolute Gasteiger partial charge is 0.358 e. The van der Waals surface area contributed by atoms with Gasteiger partial charge >= 0.3 is 0 Å². The summed E-state index contributed by atoms with van der Waals surface area (Å²) in [5.41, 5.74) is 4.51. The van der Waals surface area contributed by atoms with Crippen molar-refractivity contribution in [3.05, 3.63) is 53.7 Å². The van der Waals surface area contributed by atoms with Gasteiger partial charge in [0.2, 0.25) is 0 Å². The van der Waals surface area contributed by atoms with Crippen molar-refractivity contribution in [2.45, 2.75) is 33.1 Å². The summed E-state index contributed by atoms with van der Waals surface area (Å²) >= 11 is 0. The van der Waals surface area contributed by atoms with Crippen LogP contribution in [0.15, 0.2) is 36.5 Å². The van der Waals surface area contributed by atoms with Gasteiger partial charge < -0.3 is 4.98 Å². The molecule has 0 aliphatic carbocycles. The number of pyridine rings is 1. The van der Waals surface area contributed by atoms with E-state index in [1.807, 2.05) is 24.3 Å². The number of fused-ring (bicyclic) bond motifs is 1. The zero-order valence-electron chi connectivity index (χ0n) is 12.6. The predicted octanol–water partition coefficient (Wildman–Crippen LogP) is 5.05. The van der Waals surface area contributed by atoms with Crippen molar-refractivity contribution in [3.63, 3.8) is 0 Å². The van der Waals surface area contributed by atoms with Crippen LogP contribution < -0.4 is 0 Å². The fourth-order valence-electron chi connectivity index (χ4n) is 2.50. The monoisotopic (exact) mass is 282 g/mol. The van der Waals surface area contributed by atoms with Gasteiger partial charge in [0.15, 0.2) is 0 Å². The number of aromatic nitrogens is 2. The van der Waals surface area contributed by atoms with Crippen molar-refractivity contribution >= 4 is 10.9 Å². The normalized spacial score (nSPS) is 11.5. The van der Waals surface area contributed by atoms with Gasteiger partial charge in [-0.05, 0) is 36.6 Å². The van der Waals surface area contributed by atoms with Gasteiger partial charge in [-0.15, -0.1) is 0 Å². The zero-order valence-corrected chi connectivity index (χ0v) is 12.6. The molecule has 0 radical (unpaired) electrons. The number of aromatic amines is 1. The van der Waals surface area contributed by atoms with E-state index in [4.69, 9.17) is 0 Å². The lowest BCUT2D eigenvalue weighted by molar-refractivity contribution is 0.633. The highest BCUT2D eigenvalue weighted by Crippen LogP contribution is 2.29. The Hall–Kier alpha value is -2.16. The molecule has 0 aliphatic rings. The molecule has 0 spiro atoms. The Morgan fingerprint density at radius 1 is 1.19 bits per heavy atom. The first-order valence-electron chi connectivity index (χ1n) is 7.36. The Bertz CT molecular complexity index is 770. The smallest absolute Gasteiger partial charge is 0.131 e. The van der Waals surface area contributed by atoms with Crippen LogP contribution in [0.25, 0.3) is 22.0 Å². The minimum absolute atomic E-state index is 0.206. The van der Waals surface area contributed by atoms with Crippen LogP contribution in [0.4, 0.5) is 4.39 Å². The fraction of sp³-hybridized carbons (Fsp3) is 0.278. The molecule has 0 atom stereocenters. The van der Waals surface area contributed by atoms with Crippen LogP contribution in [0.1, 0.15) is 38.1 Å². The molecule has 3 heteroatoms. The number of hydrogen-bond donors (Lipinski definition) is 1. The zero-order chi connectivity index (χ0) is 15.0. The van der Waals surface area contributed by atoms with Crippen LogP contribution in [-0.4, -0.2) is 9.97 Å². The van der Waals surface area contributed by atoms with E-state index in [2.05, 4.69) is 30.7 Å². The van der Waals surface area contributed by atoms with Gasteiger partial charge in [-0.25, -0.2) is 4.39 Å². The van der Waals surface area contributed by atoms with Gasteiger partial charge in [-0.1, -0.05) is 26.8 Å². The Kier molecular flexibility index (Phi) is 3.50. The number of aryl methyl sites for hydroxylation is 1. The Labute approximate surface area is 124 Å². The third-order valence-electron chi connectivity index (χ3n) is 3.85. The molecular formula is C18H19FN2. The summed E-state index contributed by atoms with van der Waals surface area (Å²) in [5.74, 6) is 0.192. The van der Waals surface area contributed by atoms with E-state index < -0.39 is 0 Å². The van der Waals surface area contributed by atoms with E-state index in [1.165, 1.54) is 0 Å². The second-order valence-corrected chi connectivity index (χ2v) is 5.69. The molecule has 3 rings (SSSR count). The number of rotatable bonds is 3. The highest BCUT2D eigenvalue weighted by molar-refractivity contribution is 5.86. The van der Waals surface area contributed by atoms with Gasteiger partial charge in [0.05, 0.1) is 0 Å². The lowest BCUT2D eigenvalue weighted by Gasteiger charge is -2.05. The molecule has 2 aromatic heterocycles. The van der Waals surface area contributed by atoms with Crippen LogP contribution in [-0.2, 0) is 6.42 Å². The van der Waals surface area contributed by atoms with Crippen LogP contribution >= 0.6 is 0 Å². The van der Waals surface area contributed by atoms with Crippen LogP contribution in [0.5, 0.6) is 0 Å². The van der Waals surface area contributed by atoms with Crippen molar-refractivity contribution in [3.8, 4) is 11.1 Å². The molecule has 0 aliphatic heterocycles. The van der Waals surface area contributed by atoms with Gasteiger partial charge in [0.25, 0.3) is 0 Å². The summed E-state index contributed by atoms with van der Waals surface area (Å²) in [5, 5.41) is 0.915. The Morgan fingerprint density at radius 2 is 2.00 bits per heavy atom. The molecule has 0 bridgehead atoms. The van der Waals surface area contributed by atoms with Crippen molar-refractivity contribution in [2.24, 2.45) is 0 Å². The standard InChI is InChI=1S/C18H19FN2/c1-4-14-6-5-12(10-20-14)15-9-18-13(7-16(15)19)8-17(21-18)11(2)3/h5-11,21H,4H2,1-3H3. The number of nitrogens with one attached hydrogen (secondary N) is 1. The van der Waals surface area contributed by atoms with E-state index in [0.717, 1.165) is 34.3 Å². The highest BCUT2D eigenvalue weighted by Gasteiger charge is 2.11. The molecule has 0 amide bonds. The average molecular weight is 282 g/mol. The molecule has 1 N–H and O–H groups in total. The van der Waals surface area contributed by atoms with Gasteiger partial charge in [0, 0.05) is 39.6 Å². The van der Waals surface area contributed by atoms with Crippen molar-refractivity contribution in [2.75, 3.05) is 0 Å². The minimum Gasteiger partial charge on any atom is -0.358 e. The molecule has 3 aromatic rings. The Morgan fingerprint density at radius 3 is 2.62 bits per heavy atom. The predicted molar refractivity (Wildman–Crippen MR) is 85.0 cm³/mol. The maximum absolute atomic E-state index is 14.4. The van der Waals surface area contributed by atoms with E-state index >= 15 is 0 Å². The Balaban J connectivity index is 2.10. The van der Waals surface area contributed by atoms with Crippen molar-refractivity contribution in [1.82, 2.24) is 9.97 Å². The molecule has 2 nitrogen and oxygen atoms in total. The number of nitrogens with zero attached hydrogens (tertiary/aromatic N) is 1.